The second kappa shape index (κ2) is 8.41. The van der Waals surface area contributed by atoms with Crippen molar-refractivity contribution < 1.29 is 19.5 Å². The molecule has 2 aliphatic heterocycles. The minimum atomic E-state index is -0.840. The van der Waals surface area contributed by atoms with Gasteiger partial charge in [-0.3, -0.25) is 9.59 Å². The molecule has 2 fully saturated rings. The summed E-state index contributed by atoms with van der Waals surface area (Å²) < 4.78 is 0. The van der Waals surface area contributed by atoms with E-state index in [2.05, 4.69) is 5.32 Å². The zero-order chi connectivity index (χ0) is 19.4. The number of carboxylic acids is 1. The first-order valence-corrected chi connectivity index (χ1v) is 9.61. The fraction of sp³-hybridized carbons (Fsp3) is 0.550. The number of carbonyl (C=O) groups excluding carboxylic acids is 2. The van der Waals surface area contributed by atoms with E-state index in [0.29, 0.717) is 32.5 Å². The van der Waals surface area contributed by atoms with Crippen LogP contribution in [0.1, 0.15) is 32.6 Å². The van der Waals surface area contributed by atoms with Crippen molar-refractivity contribution in [1.82, 2.24) is 9.80 Å². The van der Waals surface area contributed by atoms with E-state index in [0.717, 1.165) is 18.5 Å². The van der Waals surface area contributed by atoms with Crippen LogP contribution in [0.5, 0.6) is 0 Å². The van der Waals surface area contributed by atoms with E-state index >= 15 is 0 Å². The highest BCUT2D eigenvalue weighted by Gasteiger charge is 2.39. The molecule has 1 aromatic rings. The Morgan fingerprint density at radius 3 is 2.48 bits per heavy atom. The molecule has 2 heterocycles. The molecule has 2 N–H and O–H groups in total. The predicted octanol–water partition coefficient (Wildman–Crippen LogP) is 2.64. The number of piperidine rings is 2. The number of carboxylic acid groups (broad SMARTS) is 1. The van der Waals surface area contributed by atoms with Crippen molar-refractivity contribution in [1.29, 1.82) is 0 Å². The van der Waals surface area contributed by atoms with Gasteiger partial charge in [0.05, 0.1) is 11.8 Å². The number of urea groups is 1. The van der Waals surface area contributed by atoms with Crippen LogP contribution in [0, 0.1) is 11.8 Å². The number of amides is 3. The number of hydrogen-bond acceptors (Lipinski definition) is 3. The number of anilines is 1. The summed E-state index contributed by atoms with van der Waals surface area (Å²) in [4.78, 5) is 40.4. The lowest BCUT2D eigenvalue weighted by molar-refractivity contribution is -0.151. The predicted molar refractivity (Wildman–Crippen MR) is 101 cm³/mol. The first-order valence-electron chi connectivity index (χ1n) is 9.61. The van der Waals surface area contributed by atoms with Crippen molar-refractivity contribution in [3.05, 3.63) is 30.3 Å². The fourth-order valence-corrected chi connectivity index (χ4v) is 4.11. The first-order chi connectivity index (χ1) is 13.0. The van der Waals surface area contributed by atoms with E-state index in [-0.39, 0.29) is 23.9 Å². The Hall–Kier alpha value is -2.57. The summed E-state index contributed by atoms with van der Waals surface area (Å²) in [6.45, 7) is 3.41. The lowest BCUT2D eigenvalue weighted by Crippen LogP contribution is -2.54. The fourth-order valence-electron chi connectivity index (χ4n) is 4.11. The van der Waals surface area contributed by atoms with Gasteiger partial charge in [-0.25, -0.2) is 4.79 Å². The van der Waals surface area contributed by atoms with Gasteiger partial charge in [0.1, 0.15) is 0 Å². The zero-order valence-corrected chi connectivity index (χ0v) is 15.6. The van der Waals surface area contributed by atoms with E-state index in [9.17, 15) is 19.5 Å². The van der Waals surface area contributed by atoms with Gasteiger partial charge in [0, 0.05) is 31.4 Å². The summed E-state index contributed by atoms with van der Waals surface area (Å²) in [7, 11) is 0. The lowest BCUT2D eigenvalue weighted by atomic mass is 9.88. The zero-order valence-electron chi connectivity index (χ0n) is 15.6. The summed E-state index contributed by atoms with van der Waals surface area (Å²) in [5.41, 5.74) is 0.727. The molecule has 0 aromatic heterocycles. The van der Waals surface area contributed by atoms with Gasteiger partial charge in [-0.05, 0) is 44.7 Å². The molecule has 3 amide bonds. The van der Waals surface area contributed by atoms with Crippen LogP contribution in [-0.4, -0.2) is 58.5 Å². The number of carbonyl (C=O) groups is 3. The van der Waals surface area contributed by atoms with Crippen molar-refractivity contribution >= 4 is 23.6 Å². The Morgan fingerprint density at radius 1 is 1.07 bits per heavy atom. The van der Waals surface area contributed by atoms with Gasteiger partial charge in [-0.2, -0.15) is 0 Å². The van der Waals surface area contributed by atoms with Gasteiger partial charge < -0.3 is 20.2 Å². The molecule has 7 nitrogen and oxygen atoms in total. The molecule has 0 saturated carbocycles. The molecule has 27 heavy (non-hydrogen) atoms. The molecule has 3 atom stereocenters. The number of nitrogens with zero attached hydrogens (tertiary/aromatic N) is 2. The van der Waals surface area contributed by atoms with E-state index in [4.69, 9.17) is 0 Å². The molecule has 2 saturated heterocycles. The Balaban J connectivity index is 1.62. The average molecular weight is 373 g/mol. The number of nitrogens with one attached hydrogen (secondary N) is 1. The molecule has 0 bridgehead atoms. The summed E-state index contributed by atoms with van der Waals surface area (Å²) >= 11 is 0. The number of likely N-dealkylation sites (tertiary alicyclic amines) is 2. The summed E-state index contributed by atoms with van der Waals surface area (Å²) in [6, 6.07) is 8.74. The van der Waals surface area contributed by atoms with Crippen LogP contribution in [0.25, 0.3) is 0 Å². The van der Waals surface area contributed by atoms with Crippen LogP contribution < -0.4 is 5.32 Å². The molecule has 7 heteroatoms. The van der Waals surface area contributed by atoms with E-state index in [1.165, 1.54) is 0 Å². The van der Waals surface area contributed by atoms with Gasteiger partial charge in [-0.15, -0.1) is 0 Å². The summed E-state index contributed by atoms with van der Waals surface area (Å²) in [6.07, 6.45) is 2.81. The monoisotopic (exact) mass is 373 g/mol. The Bertz CT molecular complexity index is 694. The van der Waals surface area contributed by atoms with Crippen LogP contribution >= 0.6 is 0 Å². The van der Waals surface area contributed by atoms with E-state index in [1.54, 1.807) is 9.80 Å². The second-order valence-electron chi connectivity index (χ2n) is 7.44. The Morgan fingerprint density at radius 2 is 1.78 bits per heavy atom. The largest absolute Gasteiger partial charge is 0.481 e. The molecule has 0 spiro atoms. The summed E-state index contributed by atoms with van der Waals surface area (Å²) in [5.74, 6) is -1.64. The highest BCUT2D eigenvalue weighted by Crippen LogP contribution is 2.28. The lowest BCUT2D eigenvalue weighted by Gasteiger charge is -2.41. The Kier molecular flexibility index (Phi) is 5.98. The molecule has 0 radical (unpaired) electrons. The van der Waals surface area contributed by atoms with Crippen molar-refractivity contribution in [3.8, 4) is 0 Å². The molecule has 146 valence electrons. The van der Waals surface area contributed by atoms with Crippen molar-refractivity contribution in [2.75, 3.05) is 25.0 Å². The highest BCUT2D eigenvalue weighted by molar-refractivity contribution is 5.90. The second-order valence-corrected chi connectivity index (χ2v) is 7.44. The third kappa shape index (κ3) is 4.40. The number of hydrogen-bond donors (Lipinski definition) is 2. The maximum Gasteiger partial charge on any atom is 0.321 e. The van der Waals surface area contributed by atoms with Gasteiger partial charge >= 0.3 is 12.0 Å². The molecule has 1 unspecified atom stereocenters. The van der Waals surface area contributed by atoms with Crippen molar-refractivity contribution in [3.63, 3.8) is 0 Å². The molecular formula is C20H27N3O4. The summed E-state index contributed by atoms with van der Waals surface area (Å²) in [5, 5.41) is 12.2. The van der Waals surface area contributed by atoms with Crippen LogP contribution in [-0.2, 0) is 9.59 Å². The normalized spacial score (nSPS) is 25.7. The number of para-hydroxylation sites is 1. The van der Waals surface area contributed by atoms with Gasteiger partial charge in [0.25, 0.3) is 0 Å². The van der Waals surface area contributed by atoms with Crippen molar-refractivity contribution in [2.24, 2.45) is 11.8 Å². The first kappa shape index (κ1) is 19.2. The van der Waals surface area contributed by atoms with Crippen LogP contribution in [0.4, 0.5) is 10.5 Å². The molecule has 3 rings (SSSR count). The topological polar surface area (TPSA) is 90.0 Å². The highest BCUT2D eigenvalue weighted by atomic mass is 16.4. The number of benzene rings is 1. The quantitative estimate of drug-likeness (QED) is 0.852. The van der Waals surface area contributed by atoms with Crippen LogP contribution in [0.2, 0.25) is 0 Å². The molecule has 0 aliphatic carbocycles. The van der Waals surface area contributed by atoms with Gasteiger partial charge in [-0.1, -0.05) is 18.2 Å². The Labute approximate surface area is 159 Å². The third-order valence-corrected chi connectivity index (χ3v) is 5.67. The third-order valence-electron chi connectivity index (χ3n) is 5.67. The standard InChI is InChI=1S/C20H27N3O4/c1-14-17(19(25)26)10-6-12-23(14)18(24)15-7-5-11-22(13-15)20(27)21-16-8-3-2-4-9-16/h2-4,8-9,14-15,17H,5-7,10-13H2,1H3,(H,21,27)(H,25,26)/t14-,15?,17-/m1/s1. The minimum absolute atomic E-state index is 0.0225. The van der Waals surface area contributed by atoms with Gasteiger partial charge in [0.15, 0.2) is 0 Å². The van der Waals surface area contributed by atoms with Crippen LogP contribution in [0.15, 0.2) is 30.3 Å². The molecular weight excluding hydrogens is 346 g/mol. The molecule has 1 aromatic carbocycles. The average Bonchev–Trinajstić information content (AvgIpc) is 2.68. The van der Waals surface area contributed by atoms with Gasteiger partial charge in [0.2, 0.25) is 5.91 Å². The van der Waals surface area contributed by atoms with Crippen LogP contribution in [0.3, 0.4) is 0 Å². The van der Waals surface area contributed by atoms with Crippen molar-refractivity contribution in [2.45, 2.75) is 38.6 Å². The number of aliphatic carboxylic acids is 1. The molecule has 2 aliphatic rings. The smallest absolute Gasteiger partial charge is 0.321 e. The maximum absolute atomic E-state index is 13.0. The SMILES string of the molecule is C[C@@H]1[C@H](C(=O)O)CCCN1C(=O)C1CCCN(C(=O)Nc2ccccc2)C1. The van der Waals surface area contributed by atoms with E-state index in [1.807, 2.05) is 37.3 Å². The van der Waals surface area contributed by atoms with E-state index < -0.39 is 11.9 Å². The number of rotatable bonds is 3. The maximum atomic E-state index is 13.0. The minimum Gasteiger partial charge on any atom is -0.481 e.